The first kappa shape index (κ1) is 18.7. The molecule has 2 heterocycles. The van der Waals surface area contributed by atoms with E-state index in [0.29, 0.717) is 12.1 Å². The Morgan fingerprint density at radius 1 is 1.61 bits per heavy atom. The van der Waals surface area contributed by atoms with Crippen molar-refractivity contribution in [2.24, 2.45) is 4.99 Å². The molecule has 0 saturated carbocycles. The number of thiophene rings is 1. The summed E-state index contributed by atoms with van der Waals surface area (Å²) in [7, 11) is 3.91. The van der Waals surface area contributed by atoms with Gasteiger partial charge in [-0.05, 0) is 41.9 Å². The predicted octanol–water partition coefficient (Wildman–Crippen LogP) is 2.63. The van der Waals surface area contributed by atoms with Gasteiger partial charge in [0.2, 0.25) is 0 Å². The molecule has 1 aromatic heterocycles. The number of halogens is 1. The highest BCUT2D eigenvalue weighted by Gasteiger charge is 2.23. The number of guanidine groups is 1. The maximum Gasteiger partial charge on any atom is 0.193 e. The van der Waals surface area contributed by atoms with Crippen LogP contribution in [0, 0.1) is 0 Å². The van der Waals surface area contributed by atoms with Gasteiger partial charge in [-0.15, -0.1) is 11.3 Å². The lowest BCUT2D eigenvalue weighted by Gasteiger charge is -2.38. The molecular weight excluding hydrogens is 376 g/mol. The highest BCUT2D eigenvalue weighted by atomic mass is 79.9. The Hall–Kier alpha value is -0.630. The molecule has 0 amide bonds. The molecule has 1 aliphatic rings. The number of hydrogen-bond acceptors (Lipinski definition) is 4. The lowest BCUT2D eigenvalue weighted by molar-refractivity contribution is -0.0175. The van der Waals surface area contributed by atoms with Crippen molar-refractivity contribution in [2.45, 2.75) is 32.5 Å². The molecule has 0 aliphatic carbocycles. The van der Waals surface area contributed by atoms with E-state index in [1.165, 1.54) is 8.66 Å². The average molecular weight is 403 g/mol. The summed E-state index contributed by atoms with van der Waals surface area (Å²) in [6.45, 7) is 8.89. The van der Waals surface area contributed by atoms with E-state index >= 15 is 0 Å². The van der Waals surface area contributed by atoms with Gasteiger partial charge in [0.05, 0.1) is 23.5 Å². The van der Waals surface area contributed by atoms with E-state index in [-0.39, 0.29) is 0 Å². The number of aliphatic imine (C=N–C) groups is 1. The molecule has 0 aromatic carbocycles. The first-order valence-corrected chi connectivity index (χ1v) is 9.61. The Bertz CT molecular complexity index is 522. The van der Waals surface area contributed by atoms with Crippen molar-refractivity contribution in [2.75, 3.05) is 40.4 Å². The molecule has 2 unspecified atom stereocenters. The molecule has 1 saturated heterocycles. The van der Waals surface area contributed by atoms with Gasteiger partial charge in [0, 0.05) is 44.1 Å². The fourth-order valence-corrected chi connectivity index (χ4v) is 4.42. The minimum Gasteiger partial charge on any atom is -0.379 e. The fourth-order valence-electron chi connectivity index (χ4n) is 2.88. The van der Waals surface area contributed by atoms with Gasteiger partial charge in [0.1, 0.15) is 0 Å². The molecule has 1 aliphatic heterocycles. The molecule has 2 atom stereocenters. The number of nitrogens with one attached hydrogen (secondary N) is 1. The molecule has 23 heavy (non-hydrogen) atoms. The van der Waals surface area contributed by atoms with Crippen molar-refractivity contribution in [3.05, 3.63) is 20.8 Å². The van der Waals surface area contributed by atoms with Gasteiger partial charge in [-0.3, -0.25) is 9.89 Å². The quantitative estimate of drug-likeness (QED) is 0.606. The maximum absolute atomic E-state index is 5.52. The molecule has 130 valence electrons. The normalized spacial score (nSPS) is 21.3. The van der Waals surface area contributed by atoms with E-state index < -0.39 is 0 Å². The smallest absolute Gasteiger partial charge is 0.193 e. The van der Waals surface area contributed by atoms with E-state index in [0.717, 1.165) is 38.8 Å². The molecule has 1 N–H and O–H groups in total. The van der Waals surface area contributed by atoms with Crippen LogP contribution in [0.1, 0.15) is 18.7 Å². The topological polar surface area (TPSA) is 40.1 Å². The molecule has 1 fully saturated rings. The monoisotopic (exact) mass is 402 g/mol. The number of rotatable bonds is 5. The summed E-state index contributed by atoms with van der Waals surface area (Å²) in [6, 6.07) is 5.17. The average Bonchev–Trinajstić information content (AvgIpc) is 2.93. The lowest BCUT2D eigenvalue weighted by Crippen LogP contribution is -2.53. The van der Waals surface area contributed by atoms with Crippen LogP contribution >= 0.6 is 27.3 Å². The van der Waals surface area contributed by atoms with Crippen molar-refractivity contribution in [3.8, 4) is 0 Å². The van der Waals surface area contributed by atoms with Crippen molar-refractivity contribution in [3.63, 3.8) is 0 Å². The Morgan fingerprint density at radius 2 is 2.39 bits per heavy atom. The number of nitrogens with zero attached hydrogens (tertiary/aromatic N) is 3. The zero-order valence-electron chi connectivity index (χ0n) is 14.4. The molecule has 0 radical (unpaired) electrons. The van der Waals surface area contributed by atoms with Gasteiger partial charge in [-0.25, -0.2) is 0 Å². The Kier molecular flexibility index (Phi) is 7.33. The Morgan fingerprint density at radius 3 is 3.00 bits per heavy atom. The second-order valence-electron chi connectivity index (χ2n) is 6.00. The van der Waals surface area contributed by atoms with Crippen molar-refractivity contribution in [1.29, 1.82) is 0 Å². The third-order valence-electron chi connectivity index (χ3n) is 4.14. The third-order valence-corrected chi connectivity index (χ3v) is 5.74. The van der Waals surface area contributed by atoms with Crippen LogP contribution < -0.4 is 5.32 Å². The summed E-state index contributed by atoms with van der Waals surface area (Å²) in [5, 5.41) is 3.50. The van der Waals surface area contributed by atoms with Crippen LogP contribution in [0.3, 0.4) is 0 Å². The summed E-state index contributed by atoms with van der Waals surface area (Å²) in [5.41, 5.74) is 0. The largest absolute Gasteiger partial charge is 0.379 e. The molecule has 7 heteroatoms. The zero-order valence-corrected chi connectivity index (χ0v) is 16.8. The van der Waals surface area contributed by atoms with Gasteiger partial charge in [0.25, 0.3) is 0 Å². The van der Waals surface area contributed by atoms with E-state index in [9.17, 15) is 0 Å². The Labute approximate surface area is 151 Å². The second-order valence-corrected chi connectivity index (χ2v) is 8.55. The summed E-state index contributed by atoms with van der Waals surface area (Å²) < 4.78 is 6.68. The fraction of sp³-hybridized carbons (Fsp3) is 0.688. The summed E-state index contributed by atoms with van der Waals surface area (Å²) in [6.07, 6.45) is 0. The highest BCUT2D eigenvalue weighted by Crippen LogP contribution is 2.23. The van der Waals surface area contributed by atoms with E-state index in [1.807, 2.05) is 7.05 Å². The van der Waals surface area contributed by atoms with Crippen molar-refractivity contribution >= 4 is 33.2 Å². The first-order chi connectivity index (χ1) is 11.0. The van der Waals surface area contributed by atoms with Crippen LogP contribution in [-0.2, 0) is 11.3 Å². The first-order valence-electron chi connectivity index (χ1n) is 8.00. The van der Waals surface area contributed by atoms with E-state index in [1.54, 1.807) is 11.3 Å². The predicted molar refractivity (Wildman–Crippen MR) is 101 cm³/mol. The van der Waals surface area contributed by atoms with Crippen LogP contribution in [0.5, 0.6) is 0 Å². The van der Waals surface area contributed by atoms with Gasteiger partial charge in [-0.2, -0.15) is 0 Å². The standard InChI is InChI=1S/C16H27BrN4OS/c1-12(21-7-8-22-11-13(21)2)9-19-16(18-3)20(4)10-14-5-6-15(17)23-14/h5-6,12-13H,7-11H2,1-4H3,(H,18,19). The minimum atomic E-state index is 0.454. The number of hydrogen-bond donors (Lipinski definition) is 1. The SMILES string of the molecule is CN=C(NCC(C)N1CCOCC1C)N(C)Cc1ccc(Br)s1. The van der Waals surface area contributed by atoms with Crippen molar-refractivity contribution in [1.82, 2.24) is 15.1 Å². The second kappa shape index (κ2) is 9.01. The van der Waals surface area contributed by atoms with Gasteiger partial charge < -0.3 is 15.0 Å². The zero-order chi connectivity index (χ0) is 16.8. The summed E-state index contributed by atoms with van der Waals surface area (Å²) in [4.78, 5) is 10.4. The molecule has 2 rings (SSSR count). The maximum atomic E-state index is 5.52. The van der Waals surface area contributed by atoms with E-state index in [4.69, 9.17) is 4.74 Å². The van der Waals surface area contributed by atoms with Crippen LogP contribution in [-0.4, -0.2) is 68.2 Å². The molecule has 0 spiro atoms. The number of morpholine rings is 1. The van der Waals surface area contributed by atoms with Crippen molar-refractivity contribution < 1.29 is 4.74 Å². The van der Waals surface area contributed by atoms with Gasteiger partial charge in [0.15, 0.2) is 5.96 Å². The third kappa shape index (κ3) is 5.45. The van der Waals surface area contributed by atoms with Crippen LogP contribution in [0.2, 0.25) is 0 Å². The van der Waals surface area contributed by atoms with Gasteiger partial charge in [-0.1, -0.05) is 0 Å². The molecule has 5 nitrogen and oxygen atoms in total. The van der Waals surface area contributed by atoms with Crippen LogP contribution in [0.15, 0.2) is 20.9 Å². The Balaban J connectivity index is 1.84. The molecule has 1 aromatic rings. The highest BCUT2D eigenvalue weighted by molar-refractivity contribution is 9.11. The van der Waals surface area contributed by atoms with E-state index in [2.05, 4.69) is 69.1 Å². The van der Waals surface area contributed by atoms with Crippen LogP contribution in [0.4, 0.5) is 0 Å². The minimum absolute atomic E-state index is 0.454. The number of ether oxygens (including phenoxy) is 1. The lowest BCUT2D eigenvalue weighted by atomic mass is 10.2. The summed E-state index contributed by atoms with van der Waals surface area (Å²) >= 11 is 5.28. The van der Waals surface area contributed by atoms with Gasteiger partial charge >= 0.3 is 0 Å². The van der Waals surface area contributed by atoms with Crippen LogP contribution in [0.25, 0.3) is 0 Å². The summed E-state index contributed by atoms with van der Waals surface area (Å²) in [5.74, 6) is 0.933. The molecule has 0 bridgehead atoms. The molecular formula is C16H27BrN4OS.